The quantitative estimate of drug-likeness (QED) is 0.287. The second kappa shape index (κ2) is 11.1. The summed E-state index contributed by atoms with van der Waals surface area (Å²) in [6.45, 7) is 0. The molecule has 0 spiro atoms. The Bertz CT molecular complexity index is 858. The van der Waals surface area contributed by atoms with Crippen molar-refractivity contribution >= 4 is 53.1 Å². The molecule has 8 nitrogen and oxygen atoms in total. The van der Waals surface area contributed by atoms with Gasteiger partial charge >= 0.3 is 5.97 Å². The molecule has 29 heavy (non-hydrogen) atoms. The van der Waals surface area contributed by atoms with Gasteiger partial charge < -0.3 is 26.5 Å². The molecule has 0 aliphatic rings. The van der Waals surface area contributed by atoms with Gasteiger partial charge in [0.25, 0.3) is 0 Å². The van der Waals surface area contributed by atoms with E-state index in [0.717, 1.165) is 16.5 Å². The predicted molar refractivity (Wildman–Crippen MR) is 118 cm³/mol. The SMILES string of the molecule is CSCC[C@H](NC(=O)[C@H](Cc1c[nH]c2ccccc12)NC(=O)[C@@H](N)CS)C(=O)O. The Morgan fingerprint density at radius 3 is 2.55 bits per heavy atom. The number of carbonyl (C=O) groups is 3. The van der Waals surface area contributed by atoms with Crippen molar-refractivity contribution in [3.05, 3.63) is 36.0 Å². The maximum atomic E-state index is 12.9. The summed E-state index contributed by atoms with van der Waals surface area (Å²) in [5.74, 6) is -1.49. The Hall–Kier alpha value is -2.17. The van der Waals surface area contributed by atoms with Gasteiger partial charge in [0.2, 0.25) is 11.8 Å². The summed E-state index contributed by atoms with van der Waals surface area (Å²) in [5, 5.41) is 15.5. The van der Waals surface area contributed by atoms with Crippen molar-refractivity contribution in [1.82, 2.24) is 15.6 Å². The standard InChI is InChI=1S/C19H26N4O4S2/c1-29-7-6-15(19(26)27)22-18(25)16(23-17(24)13(20)10-28)8-11-9-21-14-5-3-2-4-12(11)14/h2-5,9,13,15-16,21,28H,6-8,10,20H2,1H3,(H,22,25)(H,23,24)(H,26,27)/t13-,15-,16-/m0/s1. The van der Waals surface area contributed by atoms with E-state index in [2.05, 4.69) is 28.2 Å². The number of aromatic nitrogens is 1. The molecule has 158 valence electrons. The Morgan fingerprint density at radius 2 is 1.90 bits per heavy atom. The molecule has 0 bridgehead atoms. The zero-order chi connectivity index (χ0) is 21.4. The maximum absolute atomic E-state index is 12.9. The van der Waals surface area contributed by atoms with Crippen molar-refractivity contribution in [1.29, 1.82) is 0 Å². The number of aromatic amines is 1. The van der Waals surface area contributed by atoms with Gasteiger partial charge in [-0.1, -0.05) is 18.2 Å². The molecule has 2 aromatic rings. The highest BCUT2D eigenvalue weighted by Gasteiger charge is 2.28. The molecule has 10 heteroatoms. The first-order valence-corrected chi connectivity index (χ1v) is 11.1. The summed E-state index contributed by atoms with van der Waals surface area (Å²) in [5.41, 5.74) is 7.46. The molecule has 2 amide bonds. The Kier molecular flexibility index (Phi) is 8.87. The molecule has 0 saturated carbocycles. The minimum Gasteiger partial charge on any atom is -0.480 e. The van der Waals surface area contributed by atoms with Crippen LogP contribution in [0.5, 0.6) is 0 Å². The van der Waals surface area contributed by atoms with Crippen LogP contribution in [0.25, 0.3) is 10.9 Å². The number of rotatable bonds is 11. The topological polar surface area (TPSA) is 137 Å². The van der Waals surface area contributed by atoms with Gasteiger partial charge in [-0.3, -0.25) is 9.59 Å². The predicted octanol–water partition coefficient (Wildman–Crippen LogP) is 0.775. The van der Waals surface area contributed by atoms with Crippen molar-refractivity contribution in [2.75, 3.05) is 17.8 Å². The number of fused-ring (bicyclic) bond motifs is 1. The molecule has 2 rings (SSSR count). The lowest BCUT2D eigenvalue weighted by molar-refractivity contribution is -0.142. The number of aliphatic carboxylic acids is 1. The lowest BCUT2D eigenvalue weighted by Gasteiger charge is -2.22. The zero-order valence-corrected chi connectivity index (χ0v) is 17.8. The number of carboxylic acids is 1. The number of H-pyrrole nitrogens is 1. The van der Waals surface area contributed by atoms with E-state index in [0.29, 0.717) is 5.75 Å². The summed E-state index contributed by atoms with van der Waals surface area (Å²) >= 11 is 5.51. The van der Waals surface area contributed by atoms with Gasteiger partial charge in [-0.05, 0) is 30.1 Å². The number of para-hydroxylation sites is 1. The summed E-state index contributed by atoms with van der Waals surface area (Å²) in [6.07, 6.45) is 4.11. The third-order valence-electron chi connectivity index (χ3n) is 4.49. The number of thioether (sulfide) groups is 1. The van der Waals surface area contributed by atoms with Crippen LogP contribution in [-0.2, 0) is 20.8 Å². The summed E-state index contributed by atoms with van der Waals surface area (Å²) < 4.78 is 0. The molecule has 1 aromatic carbocycles. The van der Waals surface area contributed by atoms with E-state index in [4.69, 9.17) is 5.73 Å². The fourth-order valence-corrected chi connectivity index (χ4v) is 3.49. The van der Waals surface area contributed by atoms with Gasteiger partial charge in [0.15, 0.2) is 0 Å². The summed E-state index contributed by atoms with van der Waals surface area (Å²) in [7, 11) is 0. The third kappa shape index (κ3) is 6.41. The molecule has 0 radical (unpaired) electrons. The molecule has 0 fully saturated rings. The molecule has 6 N–H and O–H groups in total. The van der Waals surface area contributed by atoms with Gasteiger partial charge in [0, 0.05) is 29.3 Å². The maximum Gasteiger partial charge on any atom is 0.326 e. The highest BCUT2D eigenvalue weighted by atomic mass is 32.2. The van der Waals surface area contributed by atoms with Crippen molar-refractivity contribution in [2.45, 2.75) is 31.0 Å². The average molecular weight is 439 g/mol. The minimum atomic E-state index is -1.11. The summed E-state index contributed by atoms with van der Waals surface area (Å²) in [4.78, 5) is 39.8. The normalized spacial score (nSPS) is 14.2. The number of nitrogens with one attached hydrogen (secondary N) is 3. The van der Waals surface area contributed by atoms with E-state index in [1.807, 2.05) is 30.5 Å². The van der Waals surface area contributed by atoms with E-state index in [-0.39, 0.29) is 18.6 Å². The molecule has 3 atom stereocenters. The molecule has 0 saturated heterocycles. The number of benzene rings is 1. The van der Waals surface area contributed by atoms with Crippen LogP contribution in [0.15, 0.2) is 30.5 Å². The lowest BCUT2D eigenvalue weighted by Crippen LogP contribution is -2.55. The first-order chi connectivity index (χ1) is 13.9. The molecule has 0 aliphatic carbocycles. The van der Waals surface area contributed by atoms with Crippen LogP contribution < -0.4 is 16.4 Å². The fourth-order valence-electron chi connectivity index (χ4n) is 2.86. The van der Waals surface area contributed by atoms with E-state index in [1.54, 1.807) is 6.20 Å². The highest BCUT2D eigenvalue weighted by Crippen LogP contribution is 2.19. The molecular formula is C19H26N4O4S2. The van der Waals surface area contributed by atoms with Gasteiger partial charge in [-0.2, -0.15) is 24.4 Å². The van der Waals surface area contributed by atoms with E-state index >= 15 is 0 Å². The van der Waals surface area contributed by atoms with Crippen molar-refractivity contribution in [3.63, 3.8) is 0 Å². The smallest absolute Gasteiger partial charge is 0.326 e. The van der Waals surface area contributed by atoms with Gasteiger partial charge in [0.05, 0.1) is 6.04 Å². The van der Waals surface area contributed by atoms with E-state index in [9.17, 15) is 19.5 Å². The molecular weight excluding hydrogens is 412 g/mol. The first kappa shape index (κ1) is 23.1. The zero-order valence-electron chi connectivity index (χ0n) is 16.1. The largest absolute Gasteiger partial charge is 0.480 e. The third-order valence-corrected chi connectivity index (χ3v) is 5.53. The van der Waals surface area contributed by atoms with Crippen LogP contribution in [0.4, 0.5) is 0 Å². The van der Waals surface area contributed by atoms with Crippen LogP contribution in [-0.4, -0.2) is 63.8 Å². The number of carboxylic acid groups (broad SMARTS) is 1. The van der Waals surface area contributed by atoms with Crippen LogP contribution >= 0.6 is 24.4 Å². The Morgan fingerprint density at radius 1 is 1.21 bits per heavy atom. The number of hydrogen-bond donors (Lipinski definition) is 6. The Balaban J connectivity index is 2.22. The average Bonchev–Trinajstić information content (AvgIpc) is 3.12. The number of amides is 2. The lowest BCUT2D eigenvalue weighted by atomic mass is 10.0. The minimum absolute atomic E-state index is 0.124. The highest BCUT2D eigenvalue weighted by molar-refractivity contribution is 7.98. The van der Waals surface area contributed by atoms with Crippen LogP contribution in [0.2, 0.25) is 0 Å². The number of thiol groups is 1. The first-order valence-electron chi connectivity index (χ1n) is 9.11. The number of carbonyl (C=O) groups excluding carboxylic acids is 2. The van der Waals surface area contributed by atoms with Gasteiger partial charge in [0.1, 0.15) is 12.1 Å². The molecule has 1 aromatic heterocycles. The number of hydrogen-bond acceptors (Lipinski definition) is 6. The van der Waals surface area contributed by atoms with Crippen molar-refractivity contribution in [3.8, 4) is 0 Å². The van der Waals surface area contributed by atoms with E-state index < -0.39 is 35.9 Å². The van der Waals surface area contributed by atoms with Crippen LogP contribution in [0.3, 0.4) is 0 Å². The van der Waals surface area contributed by atoms with Crippen molar-refractivity contribution < 1.29 is 19.5 Å². The van der Waals surface area contributed by atoms with Crippen LogP contribution in [0, 0.1) is 0 Å². The second-order valence-electron chi connectivity index (χ2n) is 6.59. The van der Waals surface area contributed by atoms with E-state index in [1.165, 1.54) is 11.8 Å². The number of nitrogens with two attached hydrogens (primary N) is 1. The van der Waals surface area contributed by atoms with Crippen LogP contribution in [0.1, 0.15) is 12.0 Å². The van der Waals surface area contributed by atoms with Crippen molar-refractivity contribution in [2.24, 2.45) is 5.73 Å². The molecule has 0 unspecified atom stereocenters. The van der Waals surface area contributed by atoms with Gasteiger partial charge in [-0.15, -0.1) is 0 Å². The fraction of sp³-hybridized carbons (Fsp3) is 0.421. The molecule has 0 aliphatic heterocycles. The van der Waals surface area contributed by atoms with Gasteiger partial charge in [-0.25, -0.2) is 4.79 Å². The monoisotopic (exact) mass is 438 g/mol. The molecule has 1 heterocycles. The Labute approximate surface area is 178 Å². The summed E-state index contributed by atoms with van der Waals surface area (Å²) in [6, 6.07) is 4.72. The second-order valence-corrected chi connectivity index (χ2v) is 7.95.